The first-order valence-corrected chi connectivity index (χ1v) is 6.46. The molecule has 1 N–H and O–H groups in total. The molecule has 2 rings (SSSR count). The zero-order valence-corrected chi connectivity index (χ0v) is 10.7. The molecule has 0 spiro atoms. The smallest absolute Gasteiger partial charge is 0.274 e. The third-order valence-electron chi connectivity index (χ3n) is 2.49. The Bertz CT molecular complexity index is 557. The van der Waals surface area contributed by atoms with Crippen LogP contribution in [0.25, 0.3) is 0 Å². The van der Waals surface area contributed by atoms with Gasteiger partial charge in [0.2, 0.25) is 0 Å². The van der Waals surface area contributed by atoms with E-state index in [2.05, 4.69) is 10.2 Å². The molecule has 0 aromatic carbocycles. The summed E-state index contributed by atoms with van der Waals surface area (Å²) >= 11 is 1.61. The van der Waals surface area contributed by atoms with Crippen molar-refractivity contribution in [3.63, 3.8) is 0 Å². The van der Waals surface area contributed by atoms with Crippen molar-refractivity contribution in [1.29, 1.82) is 0 Å². The molecule has 94 valence electrons. The molecule has 0 fully saturated rings. The molecule has 0 saturated heterocycles. The van der Waals surface area contributed by atoms with Gasteiger partial charge in [-0.05, 0) is 24.4 Å². The lowest BCUT2D eigenvalue weighted by Crippen LogP contribution is -2.31. The zero-order chi connectivity index (χ0) is 13.0. The van der Waals surface area contributed by atoms with E-state index in [1.807, 2.05) is 24.4 Å². The van der Waals surface area contributed by atoms with Gasteiger partial charge in [-0.25, -0.2) is 5.10 Å². The summed E-state index contributed by atoms with van der Waals surface area (Å²) in [5.41, 5.74) is -0.0548. The number of hydrogen-bond donors (Lipinski definition) is 1. The molecule has 6 heteroatoms. The summed E-state index contributed by atoms with van der Waals surface area (Å²) < 4.78 is 0. The van der Waals surface area contributed by atoms with Crippen molar-refractivity contribution in [3.8, 4) is 0 Å². The van der Waals surface area contributed by atoms with Crippen LogP contribution in [0, 0.1) is 0 Å². The number of carbonyl (C=O) groups excluding carboxylic acids is 1. The summed E-state index contributed by atoms with van der Waals surface area (Å²) in [5.74, 6) is -0.179. The van der Waals surface area contributed by atoms with Gasteiger partial charge in [0.1, 0.15) is 5.69 Å². The Morgan fingerprint density at radius 1 is 1.44 bits per heavy atom. The number of hydrogen-bond acceptors (Lipinski definition) is 4. The molecule has 0 saturated carbocycles. The molecule has 5 nitrogen and oxygen atoms in total. The van der Waals surface area contributed by atoms with Crippen LogP contribution in [0.3, 0.4) is 0 Å². The first-order valence-electron chi connectivity index (χ1n) is 5.58. The normalized spacial score (nSPS) is 10.3. The molecule has 1 amide bonds. The predicted octanol–water partition coefficient (Wildman–Crippen LogP) is 1.49. The van der Waals surface area contributed by atoms with E-state index >= 15 is 0 Å². The van der Waals surface area contributed by atoms with E-state index in [9.17, 15) is 9.59 Å². The van der Waals surface area contributed by atoms with Crippen molar-refractivity contribution in [3.05, 3.63) is 50.6 Å². The molecule has 0 aliphatic rings. The van der Waals surface area contributed by atoms with E-state index in [-0.39, 0.29) is 17.2 Å². The quantitative estimate of drug-likeness (QED) is 0.909. The first-order chi connectivity index (χ1) is 8.70. The molecular weight excluding hydrogens is 250 g/mol. The monoisotopic (exact) mass is 263 g/mol. The van der Waals surface area contributed by atoms with Crippen molar-refractivity contribution in [2.45, 2.75) is 13.5 Å². The first kappa shape index (κ1) is 12.5. The van der Waals surface area contributed by atoms with Crippen molar-refractivity contribution in [1.82, 2.24) is 15.1 Å². The van der Waals surface area contributed by atoms with Crippen molar-refractivity contribution in [2.24, 2.45) is 0 Å². The van der Waals surface area contributed by atoms with E-state index in [1.165, 1.54) is 12.1 Å². The number of amides is 1. The molecule has 2 heterocycles. The molecule has 0 aliphatic heterocycles. The highest BCUT2D eigenvalue weighted by molar-refractivity contribution is 7.09. The van der Waals surface area contributed by atoms with Gasteiger partial charge in [0, 0.05) is 17.5 Å². The highest BCUT2D eigenvalue weighted by Gasteiger charge is 2.16. The molecule has 0 unspecified atom stereocenters. The highest BCUT2D eigenvalue weighted by atomic mass is 32.1. The number of aromatic amines is 1. The van der Waals surface area contributed by atoms with Gasteiger partial charge in [0.15, 0.2) is 0 Å². The summed E-state index contributed by atoms with van der Waals surface area (Å²) in [6, 6.07) is 6.69. The van der Waals surface area contributed by atoms with Crippen LogP contribution in [0.5, 0.6) is 0 Å². The molecule has 2 aromatic rings. The van der Waals surface area contributed by atoms with Crippen LogP contribution in [-0.2, 0) is 6.54 Å². The van der Waals surface area contributed by atoms with Crippen LogP contribution in [0.15, 0.2) is 34.4 Å². The molecule has 2 aromatic heterocycles. The van der Waals surface area contributed by atoms with Crippen LogP contribution in [-0.4, -0.2) is 27.5 Å². The predicted molar refractivity (Wildman–Crippen MR) is 69.6 cm³/mol. The van der Waals surface area contributed by atoms with Crippen molar-refractivity contribution in [2.75, 3.05) is 6.54 Å². The van der Waals surface area contributed by atoms with E-state index in [4.69, 9.17) is 0 Å². The van der Waals surface area contributed by atoms with Crippen LogP contribution >= 0.6 is 11.3 Å². The number of nitrogens with zero attached hydrogens (tertiary/aromatic N) is 2. The molecule has 0 bridgehead atoms. The fourth-order valence-corrected chi connectivity index (χ4v) is 2.26. The van der Waals surface area contributed by atoms with Gasteiger partial charge in [-0.1, -0.05) is 6.07 Å². The standard InChI is InChI=1S/C12H13N3O2S/c1-2-15(8-9-4-3-7-18-9)12(17)10-5-6-11(16)14-13-10/h3-7H,2,8H2,1H3,(H,14,16). The zero-order valence-electron chi connectivity index (χ0n) is 9.92. The van der Waals surface area contributed by atoms with E-state index in [1.54, 1.807) is 16.2 Å². The van der Waals surface area contributed by atoms with Crippen LogP contribution in [0.4, 0.5) is 0 Å². The number of thiophene rings is 1. The number of aromatic nitrogens is 2. The van der Waals surface area contributed by atoms with Gasteiger partial charge < -0.3 is 4.90 Å². The highest BCUT2D eigenvalue weighted by Crippen LogP contribution is 2.13. The third kappa shape index (κ3) is 2.84. The lowest BCUT2D eigenvalue weighted by atomic mass is 10.3. The minimum Gasteiger partial charge on any atom is -0.332 e. The maximum atomic E-state index is 12.2. The Hall–Kier alpha value is -1.95. The fourth-order valence-electron chi connectivity index (χ4n) is 1.54. The third-order valence-corrected chi connectivity index (χ3v) is 3.36. The Balaban J connectivity index is 2.14. The van der Waals surface area contributed by atoms with Gasteiger partial charge in [0.25, 0.3) is 11.5 Å². The van der Waals surface area contributed by atoms with Gasteiger partial charge in [-0.2, -0.15) is 5.10 Å². The van der Waals surface area contributed by atoms with Gasteiger partial charge in [0.05, 0.1) is 6.54 Å². The van der Waals surface area contributed by atoms with Crippen molar-refractivity contribution >= 4 is 17.2 Å². The Morgan fingerprint density at radius 2 is 2.28 bits per heavy atom. The largest absolute Gasteiger partial charge is 0.332 e. The second kappa shape index (κ2) is 5.59. The average molecular weight is 263 g/mol. The Morgan fingerprint density at radius 3 is 2.83 bits per heavy atom. The maximum Gasteiger partial charge on any atom is 0.274 e. The second-order valence-corrected chi connectivity index (χ2v) is 4.74. The second-order valence-electron chi connectivity index (χ2n) is 3.71. The summed E-state index contributed by atoms with van der Waals surface area (Å²) in [6.07, 6.45) is 0. The minimum atomic E-state index is -0.312. The molecule has 0 radical (unpaired) electrons. The van der Waals surface area contributed by atoms with Crippen molar-refractivity contribution < 1.29 is 4.79 Å². The fraction of sp³-hybridized carbons (Fsp3) is 0.250. The number of carbonyl (C=O) groups is 1. The molecular formula is C12H13N3O2S. The summed E-state index contributed by atoms with van der Waals surface area (Å²) in [7, 11) is 0. The average Bonchev–Trinajstić information content (AvgIpc) is 2.89. The topological polar surface area (TPSA) is 66.1 Å². The van der Waals surface area contributed by atoms with E-state index in [0.29, 0.717) is 13.1 Å². The maximum absolute atomic E-state index is 12.2. The van der Waals surface area contributed by atoms with Crippen LogP contribution in [0.2, 0.25) is 0 Å². The number of H-pyrrole nitrogens is 1. The molecule has 18 heavy (non-hydrogen) atoms. The van der Waals surface area contributed by atoms with E-state index in [0.717, 1.165) is 4.88 Å². The summed E-state index contributed by atoms with van der Waals surface area (Å²) in [6.45, 7) is 3.07. The van der Waals surface area contributed by atoms with Gasteiger partial charge >= 0.3 is 0 Å². The van der Waals surface area contributed by atoms with Crippen LogP contribution < -0.4 is 5.56 Å². The Labute approximate surface area is 108 Å². The number of nitrogens with one attached hydrogen (secondary N) is 1. The minimum absolute atomic E-state index is 0.179. The number of rotatable bonds is 4. The Kier molecular flexibility index (Phi) is 3.88. The molecule has 0 atom stereocenters. The summed E-state index contributed by atoms with van der Waals surface area (Å²) in [5, 5.41) is 8.00. The van der Waals surface area contributed by atoms with E-state index < -0.39 is 0 Å². The molecule has 0 aliphatic carbocycles. The van der Waals surface area contributed by atoms with Gasteiger partial charge in [-0.15, -0.1) is 11.3 Å². The SMILES string of the molecule is CCN(Cc1cccs1)C(=O)c1ccc(=O)[nH]n1. The van der Waals surface area contributed by atoms with Crippen LogP contribution in [0.1, 0.15) is 22.3 Å². The lowest BCUT2D eigenvalue weighted by Gasteiger charge is -2.19. The van der Waals surface area contributed by atoms with Gasteiger partial charge in [-0.3, -0.25) is 9.59 Å². The summed E-state index contributed by atoms with van der Waals surface area (Å²) in [4.78, 5) is 25.9. The lowest BCUT2D eigenvalue weighted by molar-refractivity contribution is 0.0747.